The number of tetrazole rings is 1. The van der Waals surface area contributed by atoms with Crippen molar-refractivity contribution in [2.45, 2.75) is 64.3 Å². The molecule has 4 rings (SSSR count). The number of carbonyl (C=O) groups excluding carboxylic acids is 2. The first-order valence-electron chi connectivity index (χ1n) is 12.3. The van der Waals surface area contributed by atoms with Crippen molar-refractivity contribution in [2.75, 3.05) is 7.11 Å². The third-order valence-electron chi connectivity index (χ3n) is 6.42. The van der Waals surface area contributed by atoms with Crippen LogP contribution in [0.25, 0.3) is 11.4 Å². The normalized spacial score (nSPS) is 19.2. The maximum absolute atomic E-state index is 13.2. The van der Waals surface area contributed by atoms with Crippen molar-refractivity contribution >= 4 is 11.9 Å². The van der Waals surface area contributed by atoms with Crippen LogP contribution in [0.3, 0.4) is 0 Å². The molecular weight excluding hydrogens is 500 g/mol. The zero-order chi connectivity index (χ0) is 27.2. The van der Waals surface area contributed by atoms with Crippen LogP contribution in [-0.2, 0) is 16.1 Å². The zero-order valence-corrected chi connectivity index (χ0v) is 21.3. The number of nitrogens with one attached hydrogen (secondary N) is 1. The highest BCUT2D eigenvalue weighted by Crippen LogP contribution is 2.39. The maximum atomic E-state index is 13.2. The molecule has 1 aromatic heterocycles. The number of hydrogen-bond donors (Lipinski definition) is 1. The Kier molecular flexibility index (Phi) is 8.49. The minimum atomic E-state index is -3.03. The first kappa shape index (κ1) is 27.0. The molecule has 3 unspecified atom stereocenters. The highest BCUT2D eigenvalue weighted by molar-refractivity contribution is 5.94. The number of benzene rings is 2. The van der Waals surface area contributed by atoms with Gasteiger partial charge in [-0.05, 0) is 61.2 Å². The molecule has 38 heavy (non-hydrogen) atoms. The predicted molar refractivity (Wildman–Crippen MR) is 132 cm³/mol. The van der Waals surface area contributed by atoms with Gasteiger partial charge in [-0.3, -0.25) is 9.59 Å². The molecule has 0 saturated heterocycles. The smallest absolute Gasteiger partial charge is 0.387 e. The lowest BCUT2D eigenvalue weighted by Gasteiger charge is -2.36. The van der Waals surface area contributed by atoms with Crippen molar-refractivity contribution in [2.24, 2.45) is 0 Å². The van der Waals surface area contributed by atoms with Crippen LogP contribution in [0, 0.1) is 0 Å². The van der Waals surface area contributed by atoms with E-state index in [4.69, 9.17) is 9.47 Å². The number of hydrogen-bond acceptors (Lipinski definition) is 8. The maximum Gasteiger partial charge on any atom is 0.387 e. The number of aromatic nitrogens is 4. The molecule has 1 aliphatic rings. The quantitative estimate of drug-likeness (QED) is 0.414. The fourth-order valence-corrected chi connectivity index (χ4v) is 4.64. The predicted octanol–water partition coefficient (Wildman–Crippen LogP) is 3.97. The molecule has 1 N–H and O–H groups in total. The highest BCUT2D eigenvalue weighted by Gasteiger charge is 2.35. The van der Waals surface area contributed by atoms with Crippen molar-refractivity contribution in [3.05, 3.63) is 53.6 Å². The van der Waals surface area contributed by atoms with Crippen LogP contribution >= 0.6 is 0 Å². The van der Waals surface area contributed by atoms with Crippen LogP contribution in [-0.4, -0.2) is 58.0 Å². The van der Waals surface area contributed by atoms with E-state index in [1.807, 2.05) is 6.92 Å². The Morgan fingerprint density at radius 3 is 2.53 bits per heavy atom. The van der Waals surface area contributed by atoms with E-state index in [0.29, 0.717) is 42.8 Å². The van der Waals surface area contributed by atoms with Gasteiger partial charge < -0.3 is 19.5 Å². The monoisotopic (exact) mass is 529 g/mol. The second-order valence-electron chi connectivity index (χ2n) is 8.90. The molecule has 2 aromatic carbocycles. The second-order valence-corrected chi connectivity index (χ2v) is 8.90. The molecule has 3 aromatic rings. The number of nitrogens with zero attached hydrogens (tertiary/aromatic N) is 4. The Bertz CT molecular complexity index is 1270. The first-order chi connectivity index (χ1) is 18.3. The summed E-state index contributed by atoms with van der Waals surface area (Å²) in [5.74, 6) is -0.500. The standard InChI is InChI=1S/C26H29F2N5O5/c1-4-33-31-24(30-32-33)16-5-7-17(8-6-16)25(35)29-21-11-10-19(37-15(2)34)14-20(21)18-9-12-22(36-3)23(13-18)38-26(27)28/h5-9,12-13,19-21,26H,4,10-11,14H2,1-3H3,(H,29,35). The van der Waals surface area contributed by atoms with Gasteiger partial charge in [-0.25, -0.2) is 0 Å². The fourth-order valence-electron chi connectivity index (χ4n) is 4.64. The van der Waals surface area contributed by atoms with Crippen molar-refractivity contribution in [1.29, 1.82) is 0 Å². The molecule has 0 spiro atoms. The molecule has 202 valence electrons. The van der Waals surface area contributed by atoms with Crippen LogP contribution in [0.5, 0.6) is 11.5 Å². The third kappa shape index (κ3) is 6.42. The summed E-state index contributed by atoms with van der Waals surface area (Å²) in [6.45, 7) is 0.815. The van der Waals surface area contributed by atoms with Crippen LogP contribution in [0.1, 0.15) is 54.9 Å². The number of aryl methyl sites for hydroxylation is 1. The van der Waals surface area contributed by atoms with Crippen LogP contribution in [0.15, 0.2) is 42.5 Å². The van der Waals surface area contributed by atoms with Gasteiger partial charge in [0.25, 0.3) is 5.91 Å². The van der Waals surface area contributed by atoms with Crippen LogP contribution < -0.4 is 14.8 Å². The number of ether oxygens (including phenoxy) is 3. The van der Waals surface area contributed by atoms with E-state index in [-0.39, 0.29) is 35.5 Å². The number of alkyl halides is 2. The minimum absolute atomic E-state index is 0.108. The number of methoxy groups -OCH3 is 1. The van der Waals surface area contributed by atoms with E-state index in [2.05, 4.69) is 25.5 Å². The molecule has 10 nitrogen and oxygen atoms in total. The van der Waals surface area contributed by atoms with Crippen LogP contribution in [0.2, 0.25) is 0 Å². The van der Waals surface area contributed by atoms with E-state index in [0.717, 1.165) is 5.56 Å². The molecule has 1 fully saturated rings. The number of rotatable bonds is 9. The Morgan fingerprint density at radius 1 is 1.13 bits per heavy atom. The van der Waals surface area contributed by atoms with Crippen molar-refractivity contribution in [3.8, 4) is 22.9 Å². The summed E-state index contributed by atoms with van der Waals surface area (Å²) in [5, 5.41) is 15.3. The van der Waals surface area contributed by atoms with E-state index >= 15 is 0 Å². The number of halogens is 2. The van der Waals surface area contributed by atoms with Crippen molar-refractivity contribution < 1.29 is 32.6 Å². The average Bonchev–Trinajstić information content (AvgIpc) is 3.38. The summed E-state index contributed by atoms with van der Waals surface area (Å²) >= 11 is 0. The molecule has 0 aliphatic heterocycles. The third-order valence-corrected chi connectivity index (χ3v) is 6.42. The summed E-state index contributed by atoms with van der Waals surface area (Å²) in [5.41, 5.74) is 1.82. The van der Waals surface area contributed by atoms with E-state index < -0.39 is 12.6 Å². The number of esters is 1. The molecule has 1 aliphatic carbocycles. The lowest BCUT2D eigenvalue weighted by Crippen LogP contribution is -2.44. The van der Waals surface area contributed by atoms with Gasteiger partial charge in [-0.2, -0.15) is 13.6 Å². The Morgan fingerprint density at radius 2 is 1.89 bits per heavy atom. The summed E-state index contributed by atoms with van der Waals surface area (Å²) < 4.78 is 41.3. The van der Waals surface area contributed by atoms with Crippen LogP contribution in [0.4, 0.5) is 8.78 Å². The molecule has 0 bridgehead atoms. The summed E-state index contributed by atoms with van der Waals surface area (Å²) in [6, 6.07) is 11.3. The first-order valence-corrected chi connectivity index (χ1v) is 12.3. The molecule has 1 amide bonds. The molecule has 0 radical (unpaired) electrons. The molecule has 3 atom stereocenters. The van der Waals surface area contributed by atoms with Crippen molar-refractivity contribution in [1.82, 2.24) is 25.5 Å². The lowest BCUT2D eigenvalue weighted by molar-refractivity contribution is -0.148. The number of amides is 1. The molecule has 12 heteroatoms. The topological polar surface area (TPSA) is 117 Å². The average molecular weight is 530 g/mol. The van der Waals surface area contributed by atoms with Gasteiger partial charge in [-0.15, -0.1) is 10.2 Å². The van der Waals surface area contributed by atoms with Gasteiger partial charge in [0.15, 0.2) is 11.5 Å². The lowest BCUT2D eigenvalue weighted by atomic mass is 9.78. The van der Waals surface area contributed by atoms with E-state index in [1.54, 1.807) is 36.4 Å². The molecular formula is C26H29F2N5O5. The van der Waals surface area contributed by atoms with Gasteiger partial charge in [0, 0.05) is 30.0 Å². The second kappa shape index (κ2) is 12.0. The number of carbonyl (C=O) groups is 2. The van der Waals surface area contributed by atoms with Gasteiger partial charge in [0.2, 0.25) is 5.82 Å². The van der Waals surface area contributed by atoms with Gasteiger partial charge in [-0.1, -0.05) is 18.2 Å². The summed E-state index contributed by atoms with van der Waals surface area (Å²) in [4.78, 5) is 26.2. The fraction of sp³-hybridized carbons (Fsp3) is 0.423. The van der Waals surface area contributed by atoms with E-state index in [1.165, 1.54) is 24.9 Å². The van der Waals surface area contributed by atoms with Gasteiger partial charge in [0.05, 0.1) is 13.7 Å². The SMILES string of the molecule is CCn1nnc(-c2ccc(C(=O)NC3CCC(OC(C)=O)CC3c3ccc(OC)c(OC(F)F)c3)cc2)n1. The highest BCUT2D eigenvalue weighted by atomic mass is 19.3. The molecule has 1 heterocycles. The summed E-state index contributed by atoms with van der Waals surface area (Å²) in [6.07, 6.45) is 1.11. The Labute approximate surface area is 218 Å². The Hall–Kier alpha value is -4.09. The van der Waals surface area contributed by atoms with Gasteiger partial charge >= 0.3 is 12.6 Å². The van der Waals surface area contributed by atoms with Gasteiger partial charge in [0.1, 0.15) is 6.10 Å². The largest absolute Gasteiger partial charge is 0.493 e. The van der Waals surface area contributed by atoms with Crippen molar-refractivity contribution in [3.63, 3.8) is 0 Å². The van der Waals surface area contributed by atoms with E-state index in [9.17, 15) is 18.4 Å². The molecule has 1 saturated carbocycles. The minimum Gasteiger partial charge on any atom is -0.493 e. The zero-order valence-electron chi connectivity index (χ0n) is 21.3. The Balaban J connectivity index is 1.55. The summed E-state index contributed by atoms with van der Waals surface area (Å²) in [7, 11) is 1.36.